The molecule has 2 heterocycles. The summed E-state index contributed by atoms with van der Waals surface area (Å²) in [5, 5.41) is 86.7. The SMILES string of the molecule is CCCCCCC/C=C\C/C=C\CCCCCCCCCCCCCCCCCCCCCCCCCC(=O)NC(COC1OC(CO)C(OC2OC(CO)C(O)C(O)C2O)C(O)C1O)C(O)/C=C/CCCCCCCC. The van der Waals surface area contributed by atoms with E-state index in [0.29, 0.717) is 6.42 Å². The van der Waals surface area contributed by atoms with Crippen LogP contribution in [0.2, 0.25) is 0 Å². The van der Waals surface area contributed by atoms with E-state index in [4.69, 9.17) is 18.9 Å². The van der Waals surface area contributed by atoms with Gasteiger partial charge in [-0.15, -0.1) is 0 Å². The summed E-state index contributed by atoms with van der Waals surface area (Å²) in [4.78, 5) is 13.2. The predicted octanol–water partition coefficient (Wildman–Crippen LogP) is 11.4. The van der Waals surface area contributed by atoms with E-state index in [0.717, 1.165) is 51.4 Å². The summed E-state index contributed by atoms with van der Waals surface area (Å²) in [7, 11) is 0. The Labute approximate surface area is 468 Å². The van der Waals surface area contributed by atoms with Gasteiger partial charge in [0.1, 0.15) is 48.8 Å². The van der Waals surface area contributed by atoms with Crippen molar-refractivity contribution >= 4 is 5.91 Å². The minimum absolute atomic E-state index is 0.239. The molecular weight excluding hydrogens is 979 g/mol. The molecule has 2 aliphatic heterocycles. The Balaban J connectivity index is 1.54. The predicted molar refractivity (Wildman–Crippen MR) is 309 cm³/mol. The minimum atomic E-state index is -1.79. The van der Waals surface area contributed by atoms with Gasteiger partial charge in [-0.3, -0.25) is 4.79 Å². The maximum atomic E-state index is 13.2. The minimum Gasteiger partial charge on any atom is -0.394 e. The van der Waals surface area contributed by atoms with E-state index >= 15 is 0 Å². The Morgan fingerprint density at radius 3 is 1.30 bits per heavy atom. The molecule has 2 aliphatic rings. The molecule has 77 heavy (non-hydrogen) atoms. The standard InChI is InChI=1S/C63H117NO13/c1-3-5-7-9-11-13-14-15-16-17-18-19-20-21-22-23-24-25-26-27-28-29-30-31-32-33-34-35-36-37-38-39-41-43-45-47-55(68)64-51(52(67)46-44-42-40-12-10-8-6-4-2)50-74-62-60(73)58(71)61(54(49-66)76-62)77-63-59(72)57(70)56(69)53(48-65)75-63/h14-15,17-18,44,46,51-54,56-63,65-67,69-73H,3-13,16,19-43,45,47-50H2,1-2H3,(H,64,68)/b15-14-,18-17-,46-44+. The molecule has 14 nitrogen and oxygen atoms in total. The molecule has 0 aliphatic carbocycles. The van der Waals surface area contributed by atoms with Crippen molar-refractivity contribution in [3.05, 3.63) is 36.5 Å². The molecule has 12 atom stereocenters. The number of aliphatic hydroxyl groups is 8. The van der Waals surface area contributed by atoms with Crippen LogP contribution in [-0.4, -0.2) is 140 Å². The summed E-state index contributed by atoms with van der Waals surface area (Å²) in [6, 6.07) is -0.910. The van der Waals surface area contributed by atoms with E-state index in [9.17, 15) is 45.6 Å². The first-order valence-electron chi connectivity index (χ1n) is 31.7. The largest absolute Gasteiger partial charge is 0.394 e. The Bertz CT molecular complexity index is 1430. The molecule has 0 spiro atoms. The number of carbonyl (C=O) groups excluding carboxylic acids is 1. The van der Waals surface area contributed by atoms with E-state index in [1.807, 2.05) is 6.08 Å². The van der Waals surface area contributed by atoms with Gasteiger partial charge in [0.15, 0.2) is 12.6 Å². The van der Waals surface area contributed by atoms with Gasteiger partial charge in [-0.2, -0.15) is 0 Å². The number of ether oxygens (including phenoxy) is 4. The van der Waals surface area contributed by atoms with Gasteiger partial charge >= 0.3 is 0 Å². The second kappa shape index (κ2) is 48.9. The third kappa shape index (κ3) is 34.3. The summed E-state index contributed by atoms with van der Waals surface area (Å²) >= 11 is 0. The Morgan fingerprint density at radius 2 is 0.857 bits per heavy atom. The van der Waals surface area contributed by atoms with E-state index in [2.05, 4.69) is 43.5 Å². The van der Waals surface area contributed by atoms with Gasteiger partial charge in [-0.05, 0) is 51.4 Å². The third-order valence-corrected chi connectivity index (χ3v) is 15.6. The van der Waals surface area contributed by atoms with Crippen molar-refractivity contribution in [1.82, 2.24) is 5.32 Å². The monoisotopic (exact) mass is 1100 g/mol. The highest BCUT2D eigenvalue weighted by Crippen LogP contribution is 2.30. The zero-order valence-electron chi connectivity index (χ0n) is 48.7. The first kappa shape index (κ1) is 71.3. The molecular formula is C63H117NO13. The van der Waals surface area contributed by atoms with Crippen LogP contribution in [0.3, 0.4) is 0 Å². The lowest BCUT2D eigenvalue weighted by atomic mass is 9.97. The van der Waals surface area contributed by atoms with Gasteiger partial charge in [0, 0.05) is 6.42 Å². The lowest BCUT2D eigenvalue weighted by molar-refractivity contribution is -0.359. The molecule has 0 aromatic rings. The second-order valence-corrected chi connectivity index (χ2v) is 22.5. The van der Waals surface area contributed by atoms with Crippen molar-refractivity contribution in [2.45, 2.75) is 338 Å². The number of aliphatic hydroxyl groups excluding tert-OH is 8. The van der Waals surface area contributed by atoms with Crippen molar-refractivity contribution in [2.24, 2.45) is 0 Å². The Hall–Kier alpha value is -1.79. The molecule has 9 N–H and O–H groups in total. The number of nitrogens with one attached hydrogen (secondary N) is 1. The van der Waals surface area contributed by atoms with E-state index in [-0.39, 0.29) is 18.9 Å². The second-order valence-electron chi connectivity index (χ2n) is 22.5. The quantitative estimate of drug-likeness (QED) is 0.0204. The Morgan fingerprint density at radius 1 is 0.468 bits per heavy atom. The van der Waals surface area contributed by atoms with Crippen molar-refractivity contribution < 1.29 is 64.6 Å². The van der Waals surface area contributed by atoms with Gasteiger partial charge in [0.2, 0.25) is 5.91 Å². The number of amides is 1. The third-order valence-electron chi connectivity index (χ3n) is 15.6. The number of carbonyl (C=O) groups is 1. The van der Waals surface area contributed by atoms with Gasteiger partial charge in [0.25, 0.3) is 0 Å². The summed E-state index contributed by atoms with van der Waals surface area (Å²) in [5.74, 6) is -0.239. The average molecular weight is 1100 g/mol. The van der Waals surface area contributed by atoms with Crippen LogP contribution >= 0.6 is 0 Å². The van der Waals surface area contributed by atoms with Gasteiger partial charge in [0.05, 0.1) is 32.0 Å². The molecule has 2 saturated heterocycles. The molecule has 452 valence electrons. The van der Waals surface area contributed by atoms with Gasteiger partial charge in [-0.25, -0.2) is 0 Å². The van der Waals surface area contributed by atoms with Gasteiger partial charge < -0.3 is 65.1 Å². The van der Waals surface area contributed by atoms with E-state index < -0.39 is 86.8 Å². The topological polar surface area (TPSA) is 228 Å². The van der Waals surface area contributed by atoms with Crippen LogP contribution in [0.15, 0.2) is 36.5 Å². The average Bonchev–Trinajstić information content (AvgIpc) is 3.44. The smallest absolute Gasteiger partial charge is 0.220 e. The highest BCUT2D eigenvalue weighted by Gasteiger charge is 2.51. The number of rotatable bonds is 51. The molecule has 0 radical (unpaired) electrons. The van der Waals surface area contributed by atoms with Crippen LogP contribution in [0, 0.1) is 0 Å². The van der Waals surface area contributed by atoms with Crippen molar-refractivity contribution in [3.8, 4) is 0 Å². The number of unbranched alkanes of at least 4 members (excludes halogenated alkanes) is 34. The molecule has 2 rings (SSSR count). The molecule has 0 bridgehead atoms. The first-order valence-corrected chi connectivity index (χ1v) is 31.7. The lowest BCUT2D eigenvalue weighted by Crippen LogP contribution is -2.65. The zero-order chi connectivity index (χ0) is 56.0. The highest BCUT2D eigenvalue weighted by molar-refractivity contribution is 5.76. The molecule has 0 saturated carbocycles. The van der Waals surface area contributed by atoms with Crippen LogP contribution in [-0.2, 0) is 23.7 Å². The number of allylic oxidation sites excluding steroid dienone is 5. The van der Waals surface area contributed by atoms with E-state index in [1.165, 1.54) is 186 Å². The van der Waals surface area contributed by atoms with Gasteiger partial charge in [-0.1, -0.05) is 243 Å². The van der Waals surface area contributed by atoms with Crippen LogP contribution in [0.25, 0.3) is 0 Å². The highest BCUT2D eigenvalue weighted by atomic mass is 16.7. The normalized spacial score (nSPS) is 24.9. The summed E-state index contributed by atoms with van der Waals surface area (Å²) < 4.78 is 22.7. The van der Waals surface area contributed by atoms with Crippen LogP contribution in [0.5, 0.6) is 0 Å². The molecule has 2 fully saturated rings. The number of hydrogen-bond donors (Lipinski definition) is 9. The van der Waals surface area contributed by atoms with E-state index in [1.54, 1.807) is 6.08 Å². The van der Waals surface area contributed by atoms with Crippen molar-refractivity contribution in [2.75, 3.05) is 19.8 Å². The molecule has 12 unspecified atom stereocenters. The fraction of sp³-hybridized carbons (Fsp3) is 0.889. The first-order chi connectivity index (χ1) is 37.6. The molecule has 14 heteroatoms. The fourth-order valence-corrected chi connectivity index (χ4v) is 10.4. The maximum absolute atomic E-state index is 13.2. The summed E-state index contributed by atoms with van der Waals surface area (Å²) in [5.41, 5.74) is 0. The number of hydrogen-bond acceptors (Lipinski definition) is 13. The van der Waals surface area contributed by atoms with Crippen LogP contribution in [0.4, 0.5) is 0 Å². The van der Waals surface area contributed by atoms with Crippen molar-refractivity contribution in [3.63, 3.8) is 0 Å². The zero-order valence-corrected chi connectivity index (χ0v) is 48.7. The summed E-state index contributed by atoms with van der Waals surface area (Å²) in [6.07, 6.45) is 43.9. The van der Waals surface area contributed by atoms with Crippen LogP contribution < -0.4 is 5.32 Å². The summed E-state index contributed by atoms with van der Waals surface area (Å²) in [6.45, 7) is 2.75. The molecule has 0 aromatic heterocycles. The molecule has 1 amide bonds. The molecule has 0 aromatic carbocycles. The maximum Gasteiger partial charge on any atom is 0.220 e. The lowest BCUT2D eigenvalue weighted by Gasteiger charge is -2.46. The fourth-order valence-electron chi connectivity index (χ4n) is 10.4. The Kier molecular flexibility index (Phi) is 45.3. The van der Waals surface area contributed by atoms with Crippen molar-refractivity contribution in [1.29, 1.82) is 0 Å². The van der Waals surface area contributed by atoms with Crippen LogP contribution in [0.1, 0.15) is 264 Å².